The minimum absolute atomic E-state index is 0.0421. The maximum atomic E-state index is 14.3. The van der Waals surface area contributed by atoms with Crippen LogP contribution >= 0.6 is 0 Å². The topological polar surface area (TPSA) is 105 Å². The summed E-state index contributed by atoms with van der Waals surface area (Å²) in [6.45, 7) is 9.25. The summed E-state index contributed by atoms with van der Waals surface area (Å²) in [6.07, 6.45) is 1.07. The molecule has 1 N–H and O–H groups in total. The summed E-state index contributed by atoms with van der Waals surface area (Å²) in [4.78, 5) is 29.2. The standard InChI is InChI=1S/C33H43N3O6S/c1-7-25(5)34-33(38)29(8-2)35(22-26-16-18-27(41-6)19-17-26)32(37)23-36(30-12-10-11-13-31(30)42-9-3)43(39,40)28-20-14-24(4)15-21-28/h10-21,25,29H,7-9,22-23H2,1-6H3,(H,34,38). The molecular formula is C33H43N3O6S. The summed E-state index contributed by atoms with van der Waals surface area (Å²) in [7, 11) is -2.64. The van der Waals surface area contributed by atoms with Crippen molar-refractivity contribution in [1.82, 2.24) is 10.2 Å². The molecule has 3 aromatic carbocycles. The molecule has 0 saturated carbocycles. The summed E-state index contributed by atoms with van der Waals surface area (Å²) in [6, 6.07) is 19.5. The zero-order valence-electron chi connectivity index (χ0n) is 25.9. The number of carbonyl (C=O) groups excluding carboxylic acids is 2. The van der Waals surface area contributed by atoms with E-state index in [1.165, 1.54) is 17.0 Å². The van der Waals surface area contributed by atoms with Crippen LogP contribution in [0.1, 0.15) is 51.7 Å². The molecule has 0 aromatic heterocycles. The first-order valence-electron chi connectivity index (χ1n) is 14.6. The van der Waals surface area contributed by atoms with Crippen molar-refractivity contribution < 1.29 is 27.5 Å². The molecular weight excluding hydrogens is 566 g/mol. The average molecular weight is 610 g/mol. The van der Waals surface area contributed by atoms with Crippen LogP contribution in [-0.2, 0) is 26.2 Å². The number of ether oxygens (including phenoxy) is 2. The second kappa shape index (κ2) is 15.4. The van der Waals surface area contributed by atoms with Crippen LogP contribution in [-0.4, -0.2) is 57.5 Å². The van der Waals surface area contributed by atoms with Gasteiger partial charge in [-0.3, -0.25) is 13.9 Å². The fraction of sp³-hybridized carbons (Fsp3) is 0.394. The Hall–Kier alpha value is -4.05. The maximum absolute atomic E-state index is 14.3. The summed E-state index contributed by atoms with van der Waals surface area (Å²) < 4.78 is 40.4. The van der Waals surface area contributed by atoms with Crippen LogP contribution < -0.4 is 19.1 Å². The van der Waals surface area contributed by atoms with Crippen LogP contribution in [0.2, 0.25) is 0 Å². The van der Waals surface area contributed by atoms with Gasteiger partial charge in [-0.15, -0.1) is 0 Å². The van der Waals surface area contributed by atoms with Gasteiger partial charge in [0, 0.05) is 12.6 Å². The molecule has 2 amide bonds. The van der Waals surface area contributed by atoms with Crippen molar-refractivity contribution in [3.05, 3.63) is 83.9 Å². The maximum Gasteiger partial charge on any atom is 0.264 e. The van der Waals surface area contributed by atoms with E-state index in [0.717, 1.165) is 21.9 Å². The van der Waals surface area contributed by atoms with Crippen molar-refractivity contribution in [3.63, 3.8) is 0 Å². The molecule has 0 aliphatic heterocycles. The number of anilines is 1. The minimum Gasteiger partial charge on any atom is -0.497 e. The van der Waals surface area contributed by atoms with Crippen LogP contribution in [0.5, 0.6) is 11.5 Å². The molecule has 0 bridgehead atoms. The Labute approximate surface area is 255 Å². The number of benzene rings is 3. The zero-order chi connectivity index (χ0) is 31.6. The minimum atomic E-state index is -4.21. The van der Waals surface area contributed by atoms with Crippen molar-refractivity contribution in [2.75, 3.05) is 24.6 Å². The number of sulfonamides is 1. The number of nitrogens with zero attached hydrogens (tertiary/aromatic N) is 2. The van der Waals surface area contributed by atoms with E-state index in [1.54, 1.807) is 62.6 Å². The van der Waals surface area contributed by atoms with E-state index in [0.29, 0.717) is 24.5 Å². The van der Waals surface area contributed by atoms with Crippen LogP contribution in [0, 0.1) is 6.92 Å². The Morgan fingerprint density at radius 1 is 0.907 bits per heavy atom. The molecule has 0 aliphatic carbocycles. The predicted molar refractivity (Wildman–Crippen MR) is 169 cm³/mol. The monoisotopic (exact) mass is 609 g/mol. The highest BCUT2D eigenvalue weighted by Gasteiger charge is 2.35. The number of rotatable bonds is 15. The number of carbonyl (C=O) groups is 2. The van der Waals surface area contributed by atoms with Crippen LogP contribution in [0.25, 0.3) is 0 Å². The van der Waals surface area contributed by atoms with E-state index in [4.69, 9.17) is 9.47 Å². The normalized spacial score (nSPS) is 12.6. The first-order valence-corrected chi connectivity index (χ1v) is 16.0. The Morgan fingerprint density at radius 2 is 1.56 bits per heavy atom. The average Bonchev–Trinajstić information content (AvgIpc) is 3.00. The first-order chi connectivity index (χ1) is 20.5. The van der Waals surface area contributed by atoms with E-state index in [1.807, 2.05) is 39.8 Å². The Balaban J connectivity index is 2.10. The quantitative estimate of drug-likeness (QED) is 0.250. The van der Waals surface area contributed by atoms with E-state index >= 15 is 0 Å². The summed E-state index contributed by atoms with van der Waals surface area (Å²) in [5.74, 6) is 0.174. The number of aryl methyl sites for hydroxylation is 1. The van der Waals surface area contributed by atoms with Gasteiger partial charge in [0.15, 0.2) is 0 Å². The molecule has 0 saturated heterocycles. The lowest BCUT2D eigenvalue weighted by molar-refractivity contribution is -0.140. The SMILES string of the molecule is CCOc1ccccc1N(CC(=O)N(Cc1ccc(OC)cc1)C(CC)C(=O)NC(C)CC)S(=O)(=O)c1ccc(C)cc1. The molecule has 43 heavy (non-hydrogen) atoms. The Kier molecular flexibility index (Phi) is 12.0. The smallest absolute Gasteiger partial charge is 0.264 e. The molecule has 232 valence electrons. The van der Waals surface area contributed by atoms with Gasteiger partial charge < -0.3 is 19.7 Å². The highest BCUT2D eigenvalue weighted by molar-refractivity contribution is 7.92. The van der Waals surface area contributed by atoms with Crippen molar-refractivity contribution in [1.29, 1.82) is 0 Å². The van der Waals surface area contributed by atoms with Crippen LogP contribution in [0.15, 0.2) is 77.7 Å². The highest BCUT2D eigenvalue weighted by Crippen LogP contribution is 2.33. The third-order valence-electron chi connectivity index (χ3n) is 7.22. The van der Waals surface area contributed by atoms with E-state index < -0.39 is 28.5 Å². The van der Waals surface area contributed by atoms with Gasteiger partial charge in [-0.1, -0.05) is 55.8 Å². The first kappa shape index (κ1) is 33.5. The Morgan fingerprint density at radius 3 is 2.14 bits per heavy atom. The van der Waals surface area contributed by atoms with Gasteiger partial charge in [0.1, 0.15) is 24.1 Å². The lowest BCUT2D eigenvalue weighted by Gasteiger charge is -2.34. The van der Waals surface area contributed by atoms with Crippen molar-refractivity contribution in [2.24, 2.45) is 0 Å². The third-order valence-corrected chi connectivity index (χ3v) is 8.99. The van der Waals surface area contributed by atoms with Crippen molar-refractivity contribution in [3.8, 4) is 11.5 Å². The molecule has 0 fully saturated rings. The lowest BCUT2D eigenvalue weighted by atomic mass is 10.1. The summed E-state index contributed by atoms with van der Waals surface area (Å²) in [5.41, 5.74) is 1.91. The largest absolute Gasteiger partial charge is 0.497 e. The van der Waals surface area contributed by atoms with Crippen LogP contribution in [0.4, 0.5) is 5.69 Å². The molecule has 0 heterocycles. The van der Waals surface area contributed by atoms with Gasteiger partial charge in [-0.05, 0) is 75.6 Å². The van der Waals surface area contributed by atoms with Crippen molar-refractivity contribution in [2.45, 2.75) is 71.0 Å². The number of hydrogen-bond donors (Lipinski definition) is 1. The van der Waals surface area contributed by atoms with Gasteiger partial charge in [-0.2, -0.15) is 0 Å². The number of para-hydroxylation sites is 2. The predicted octanol–water partition coefficient (Wildman–Crippen LogP) is 5.32. The molecule has 3 rings (SSSR count). The fourth-order valence-corrected chi connectivity index (χ4v) is 6.00. The van der Waals surface area contributed by atoms with E-state index in [2.05, 4.69) is 5.32 Å². The number of nitrogens with one attached hydrogen (secondary N) is 1. The molecule has 0 radical (unpaired) electrons. The summed E-state index contributed by atoms with van der Waals surface area (Å²) >= 11 is 0. The second-order valence-corrected chi connectivity index (χ2v) is 12.2. The molecule has 2 atom stereocenters. The Bertz CT molecular complexity index is 1460. The lowest BCUT2D eigenvalue weighted by Crippen LogP contribution is -2.53. The summed E-state index contributed by atoms with van der Waals surface area (Å²) in [5, 5.41) is 2.99. The fourth-order valence-electron chi connectivity index (χ4n) is 4.58. The van der Waals surface area contributed by atoms with Gasteiger partial charge in [0.05, 0.1) is 24.3 Å². The molecule has 2 unspecified atom stereocenters. The van der Waals surface area contributed by atoms with E-state index in [9.17, 15) is 18.0 Å². The molecule has 10 heteroatoms. The molecule has 0 aliphatic rings. The van der Waals surface area contributed by atoms with Crippen molar-refractivity contribution >= 4 is 27.5 Å². The van der Waals surface area contributed by atoms with E-state index in [-0.39, 0.29) is 29.1 Å². The highest BCUT2D eigenvalue weighted by atomic mass is 32.2. The van der Waals surface area contributed by atoms with Gasteiger partial charge in [0.2, 0.25) is 11.8 Å². The molecule has 0 spiro atoms. The third kappa shape index (κ3) is 8.50. The van der Waals surface area contributed by atoms with Gasteiger partial charge >= 0.3 is 0 Å². The van der Waals surface area contributed by atoms with Crippen LogP contribution in [0.3, 0.4) is 0 Å². The molecule has 3 aromatic rings. The van der Waals surface area contributed by atoms with Gasteiger partial charge in [0.25, 0.3) is 10.0 Å². The van der Waals surface area contributed by atoms with Gasteiger partial charge in [-0.25, -0.2) is 8.42 Å². The zero-order valence-corrected chi connectivity index (χ0v) is 26.7. The number of methoxy groups -OCH3 is 1. The molecule has 9 nitrogen and oxygen atoms in total. The number of amides is 2. The second-order valence-electron chi connectivity index (χ2n) is 10.3. The number of hydrogen-bond acceptors (Lipinski definition) is 6.